The Labute approximate surface area is 110 Å². The number of halogens is 1. The van der Waals surface area contributed by atoms with Crippen LogP contribution in [0.2, 0.25) is 0 Å². The molecule has 8 heteroatoms. The van der Waals surface area contributed by atoms with Gasteiger partial charge in [0.15, 0.2) is 0 Å². The van der Waals surface area contributed by atoms with Crippen molar-refractivity contribution in [3.8, 4) is 0 Å². The molecule has 0 radical (unpaired) electrons. The summed E-state index contributed by atoms with van der Waals surface area (Å²) in [6.07, 6.45) is 0.0619. The average Bonchev–Trinajstić information content (AvgIpc) is 2.60. The molecule has 104 valence electrons. The number of nitrogen functional groups attached to an aromatic ring is 1. The van der Waals surface area contributed by atoms with E-state index < -0.39 is 21.8 Å². The number of benzene rings is 1. The molecule has 0 bridgehead atoms. The molecule has 19 heavy (non-hydrogen) atoms. The number of hydrogen-bond donors (Lipinski definition) is 2. The van der Waals surface area contributed by atoms with Crippen molar-refractivity contribution in [2.45, 2.75) is 6.42 Å². The minimum absolute atomic E-state index is 0.0619. The third kappa shape index (κ3) is 3.21. The van der Waals surface area contributed by atoms with E-state index in [-0.39, 0.29) is 36.0 Å². The Balaban J connectivity index is 2.23. The van der Waals surface area contributed by atoms with Crippen LogP contribution < -0.4 is 15.8 Å². The van der Waals surface area contributed by atoms with E-state index in [1.807, 2.05) is 0 Å². The molecule has 0 saturated carbocycles. The van der Waals surface area contributed by atoms with Gasteiger partial charge < -0.3 is 10.6 Å². The molecular formula is C11H14FN3O3S. The SMILES string of the molecule is Nc1ccc(F)cc1N1CC(CS(N)(=O)=O)CC1=O. The highest BCUT2D eigenvalue weighted by molar-refractivity contribution is 7.89. The Morgan fingerprint density at radius 2 is 2.11 bits per heavy atom. The van der Waals surface area contributed by atoms with Crippen LogP contribution in [0.5, 0.6) is 0 Å². The van der Waals surface area contributed by atoms with E-state index in [0.29, 0.717) is 0 Å². The molecule has 2 rings (SSSR count). The largest absolute Gasteiger partial charge is 0.397 e. The lowest BCUT2D eigenvalue weighted by atomic mass is 10.1. The van der Waals surface area contributed by atoms with E-state index in [0.717, 1.165) is 6.07 Å². The Bertz CT molecular complexity index is 618. The first-order valence-electron chi connectivity index (χ1n) is 5.62. The molecule has 0 aliphatic carbocycles. The van der Waals surface area contributed by atoms with Crippen LogP contribution >= 0.6 is 0 Å². The minimum atomic E-state index is -3.64. The fourth-order valence-corrected chi connectivity index (χ4v) is 3.09. The lowest BCUT2D eigenvalue weighted by Gasteiger charge is -2.18. The van der Waals surface area contributed by atoms with Crippen molar-refractivity contribution in [3.63, 3.8) is 0 Å². The van der Waals surface area contributed by atoms with Crippen molar-refractivity contribution >= 4 is 27.3 Å². The van der Waals surface area contributed by atoms with E-state index in [1.165, 1.54) is 17.0 Å². The normalized spacial score (nSPS) is 20.0. The summed E-state index contributed by atoms with van der Waals surface area (Å²) in [5.41, 5.74) is 6.24. The molecule has 1 aliphatic rings. The first kappa shape index (κ1) is 13.8. The maximum Gasteiger partial charge on any atom is 0.227 e. The van der Waals surface area contributed by atoms with Gasteiger partial charge in [0.05, 0.1) is 17.1 Å². The third-order valence-corrected chi connectivity index (χ3v) is 3.89. The predicted octanol–water partition coefficient (Wildman–Crippen LogP) is 0.0493. The average molecular weight is 287 g/mol. The Kier molecular flexibility index (Phi) is 3.46. The Hall–Kier alpha value is -1.67. The maximum atomic E-state index is 13.2. The molecule has 6 nitrogen and oxygen atoms in total. The zero-order chi connectivity index (χ0) is 14.2. The van der Waals surface area contributed by atoms with Crippen molar-refractivity contribution in [2.75, 3.05) is 22.9 Å². The van der Waals surface area contributed by atoms with Gasteiger partial charge in [0, 0.05) is 18.9 Å². The second-order valence-electron chi connectivity index (χ2n) is 4.61. The highest BCUT2D eigenvalue weighted by Crippen LogP contribution is 2.30. The molecule has 1 saturated heterocycles. The van der Waals surface area contributed by atoms with Gasteiger partial charge in [-0.25, -0.2) is 17.9 Å². The number of rotatable bonds is 3. The second kappa shape index (κ2) is 4.78. The molecule has 1 unspecified atom stereocenters. The fraction of sp³-hybridized carbons (Fsp3) is 0.364. The lowest BCUT2D eigenvalue weighted by Crippen LogP contribution is -2.28. The number of primary sulfonamides is 1. The van der Waals surface area contributed by atoms with Gasteiger partial charge in [0.2, 0.25) is 15.9 Å². The van der Waals surface area contributed by atoms with E-state index in [1.54, 1.807) is 0 Å². The highest BCUT2D eigenvalue weighted by atomic mass is 32.2. The summed E-state index contributed by atoms with van der Waals surface area (Å²) in [5.74, 6) is -1.47. The van der Waals surface area contributed by atoms with Gasteiger partial charge in [-0.05, 0) is 18.2 Å². The number of carbonyl (C=O) groups excluding carboxylic acids is 1. The number of nitrogens with zero attached hydrogens (tertiary/aromatic N) is 1. The van der Waals surface area contributed by atoms with Crippen molar-refractivity contribution in [1.82, 2.24) is 0 Å². The zero-order valence-electron chi connectivity index (χ0n) is 10.0. The standard InChI is InChI=1S/C11H14FN3O3S/c12-8-1-2-9(13)10(4-8)15-5-7(3-11(15)16)6-19(14,17)18/h1-2,4,7H,3,5-6,13H2,(H2,14,17,18). The lowest BCUT2D eigenvalue weighted by molar-refractivity contribution is -0.117. The van der Waals surface area contributed by atoms with E-state index in [9.17, 15) is 17.6 Å². The first-order chi connectivity index (χ1) is 8.76. The second-order valence-corrected chi connectivity index (χ2v) is 6.27. The summed E-state index contributed by atoms with van der Waals surface area (Å²) in [6.45, 7) is 0.170. The molecule has 1 aromatic carbocycles. The molecule has 1 aliphatic heterocycles. The molecule has 1 atom stereocenters. The molecule has 1 amide bonds. The fourth-order valence-electron chi connectivity index (χ4n) is 2.21. The Morgan fingerprint density at radius 1 is 1.42 bits per heavy atom. The molecular weight excluding hydrogens is 273 g/mol. The van der Waals surface area contributed by atoms with E-state index >= 15 is 0 Å². The predicted molar refractivity (Wildman–Crippen MR) is 69.2 cm³/mol. The number of amides is 1. The maximum absolute atomic E-state index is 13.2. The van der Waals surface area contributed by atoms with Crippen molar-refractivity contribution < 1.29 is 17.6 Å². The van der Waals surface area contributed by atoms with Gasteiger partial charge >= 0.3 is 0 Å². The highest BCUT2D eigenvalue weighted by Gasteiger charge is 2.33. The molecule has 1 heterocycles. The number of anilines is 2. The summed E-state index contributed by atoms with van der Waals surface area (Å²) >= 11 is 0. The van der Waals surface area contributed by atoms with Crippen molar-refractivity contribution in [1.29, 1.82) is 0 Å². The molecule has 1 aromatic rings. The van der Waals surface area contributed by atoms with Gasteiger partial charge in [0.25, 0.3) is 0 Å². The molecule has 0 spiro atoms. The number of hydrogen-bond acceptors (Lipinski definition) is 4. The smallest absolute Gasteiger partial charge is 0.227 e. The van der Waals surface area contributed by atoms with Crippen LogP contribution in [0.3, 0.4) is 0 Å². The quantitative estimate of drug-likeness (QED) is 0.766. The van der Waals surface area contributed by atoms with E-state index in [4.69, 9.17) is 10.9 Å². The van der Waals surface area contributed by atoms with Crippen molar-refractivity contribution in [3.05, 3.63) is 24.0 Å². The number of sulfonamides is 1. The molecule has 0 aromatic heterocycles. The Morgan fingerprint density at radius 3 is 2.74 bits per heavy atom. The summed E-state index contributed by atoms with van der Waals surface area (Å²) in [4.78, 5) is 13.1. The monoisotopic (exact) mass is 287 g/mol. The van der Waals surface area contributed by atoms with Gasteiger partial charge in [-0.1, -0.05) is 0 Å². The topological polar surface area (TPSA) is 106 Å². The van der Waals surface area contributed by atoms with Gasteiger partial charge in [-0.15, -0.1) is 0 Å². The third-order valence-electron chi connectivity index (χ3n) is 2.96. The molecule has 4 N–H and O–H groups in total. The van der Waals surface area contributed by atoms with Crippen LogP contribution in [0.1, 0.15) is 6.42 Å². The van der Waals surface area contributed by atoms with Crippen LogP contribution in [-0.4, -0.2) is 26.6 Å². The number of carbonyl (C=O) groups is 1. The summed E-state index contributed by atoms with van der Waals surface area (Å²) in [7, 11) is -3.64. The summed E-state index contributed by atoms with van der Waals surface area (Å²) < 4.78 is 35.2. The first-order valence-corrected chi connectivity index (χ1v) is 7.33. The summed E-state index contributed by atoms with van der Waals surface area (Å²) in [5, 5.41) is 4.96. The molecule has 1 fully saturated rings. The van der Waals surface area contributed by atoms with Gasteiger partial charge in [-0.3, -0.25) is 4.79 Å². The van der Waals surface area contributed by atoms with E-state index in [2.05, 4.69) is 0 Å². The zero-order valence-corrected chi connectivity index (χ0v) is 10.9. The van der Waals surface area contributed by atoms with Crippen molar-refractivity contribution in [2.24, 2.45) is 11.1 Å². The van der Waals surface area contributed by atoms with Crippen LogP contribution in [0.4, 0.5) is 15.8 Å². The minimum Gasteiger partial charge on any atom is -0.397 e. The van der Waals surface area contributed by atoms with Crippen LogP contribution in [0.15, 0.2) is 18.2 Å². The summed E-state index contributed by atoms with van der Waals surface area (Å²) in [6, 6.07) is 3.72. The van der Waals surface area contributed by atoms with Crippen LogP contribution in [-0.2, 0) is 14.8 Å². The number of nitrogens with two attached hydrogens (primary N) is 2. The van der Waals surface area contributed by atoms with Gasteiger partial charge in [-0.2, -0.15) is 0 Å². The van der Waals surface area contributed by atoms with Crippen LogP contribution in [0.25, 0.3) is 0 Å². The van der Waals surface area contributed by atoms with Gasteiger partial charge in [0.1, 0.15) is 5.82 Å². The van der Waals surface area contributed by atoms with Crippen LogP contribution in [0, 0.1) is 11.7 Å².